The summed E-state index contributed by atoms with van der Waals surface area (Å²) in [7, 11) is 0. The third kappa shape index (κ3) is 6.51. The molecule has 0 amide bonds. The Morgan fingerprint density at radius 3 is 2.40 bits per heavy atom. The molecule has 1 heterocycles. The Hall–Kier alpha value is -1.99. The van der Waals surface area contributed by atoms with Crippen molar-refractivity contribution in [1.29, 1.82) is 0 Å². The van der Waals surface area contributed by atoms with Crippen LogP contribution in [0.2, 0.25) is 0 Å². The summed E-state index contributed by atoms with van der Waals surface area (Å²) in [6.45, 7) is 3.61. The van der Waals surface area contributed by atoms with Crippen LogP contribution in [0, 0.1) is 11.7 Å². The van der Waals surface area contributed by atoms with Crippen molar-refractivity contribution in [2.75, 3.05) is 26.2 Å². The van der Waals surface area contributed by atoms with Gasteiger partial charge in [-0.05, 0) is 68.6 Å². The number of ketones is 1. The van der Waals surface area contributed by atoms with E-state index in [9.17, 15) is 19.4 Å². The summed E-state index contributed by atoms with van der Waals surface area (Å²) in [5.41, 5.74) is 1.25. The number of para-hydroxylation sites is 1. The Kier molecular flexibility index (Phi) is 9.24. The highest BCUT2D eigenvalue weighted by molar-refractivity contribution is 5.96. The van der Waals surface area contributed by atoms with E-state index in [0.717, 1.165) is 31.5 Å². The second-order valence-electron chi connectivity index (χ2n) is 7.65. The molecule has 30 heavy (non-hydrogen) atoms. The molecule has 5 nitrogen and oxygen atoms in total. The summed E-state index contributed by atoms with van der Waals surface area (Å²) in [6, 6.07) is 13.0. The number of carbonyl (C=O) groups excluding carboxylic acids is 1. The topological polar surface area (TPSA) is 70.0 Å². The number of likely N-dealkylation sites (tertiary alicyclic amines) is 1. The van der Waals surface area contributed by atoms with Crippen LogP contribution >= 0.6 is 12.4 Å². The van der Waals surface area contributed by atoms with E-state index >= 15 is 0 Å². The van der Waals surface area contributed by atoms with Crippen molar-refractivity contribution < 1.29 is 24.1 Å². The van der Waals surface area contributed by atoms with Gasteiger partial charge in [0.05, 0.1) is 11.7 Å². The molecule has 2 N–H and O–H groups in total. The number of ether oxygens (including phenoxy) is 1. The summed E-state index contributed by atoms with van der Waals surface area (Å²) in [4.78, 5) is 13.8. The zero-order valence-corrected chi connectivity index (χ0v) is 17.9. The smallest absolute Gasteiger partial charge is 0.163 e. The highest BCUT2D eigenvalue weighted by atomic mass is 35.5. The number of hydrogen-bond acceptors (Lipinski definition) is 5. The first kappa shape index (κ1) is 24.3. The molecule has 2 unspecified atom stereocenters. The molecule has 7 heteroatoms. The molecule has 0 aromatic heterocycles. The third-order valence-electron chi connectivity index (χ3n) is 5.46. The van der Waals surface area contributed by atoms with Gasteiger partial charge in [-0.15, -0.1) is 12.4 Å². The monoisotopic (exact) mass is 437 g/mol. The van der Waals surface area contributed by atoms with Gasteiger partial charge in [-0.2, -0.15) is 0 Å². The second-order valence-corrected chi connectivity index (χ2v) is 7.65. The van der Waals surface area contributed by atoms with Crippen LogP contribution in [0.5, 0.6) is 5.75 Å². The maximum atomic E-state index is 13.1. The van der Waals surface area contributed by atoms with E-state index in [-0.39, 0.29) is 36.5 Å². The largest absolute Gasteiger partial charge is 0.490 e. The first-order valence-corrected chi connectivity index (χ1v) is 10.0. The second kappa shape index (κ2) is 11.4. The predicted molar refractivity (Wildman–Crippen MR) is 116 cm³/mol. The predicted octanol–water partition coefficient (Wildman–Crippen LogP) is 3.64. The molecule has 3 rings (SSSR count). The summed E-state index contributed by atoms with van der Waals surface area (Å²) < 4.78 is 18.7. The number of β-amino-alcohol motifs (C(OH)–C–C–N with tert-alkyl or cyclic N) is 1. The fourth-order valence-electron chi connectivity index (χ4n) is 3.80. The molecule has 2 aromatic carbocycles. The van der Waals surface area contributed by atoms with Crippen LogP contribution < -0.4 is 4.74 Å². The fraction of sp³-hybridized carbons (Fsp3) is 0.435. The van der Waals surface area contributed by atoms with E-state index in [1.807, 2.05) is 0 Å². The zero-order valence-electron chi connectivity index (χ0n) is 17.0. The van der Waals surface area contributed by atoms with Crippen molar-refractivity contribution in [3.63, 3.8) is 0 Å². The molecule has 0 radical (unpaired) electrons. The average Bonchev–Trinajstić information content (AvgIpc) is 2.73. The van der Waals surface area contributed by atoms with Crippen LogP contribution in [0.4, 0.5) is 4.39 Å². The van der Waals surface area contributed by atoms with E-state index in [4.69, 9.17) is 4.74 Å². The van der Waals surface area contributed by atoms with E-state index in [1.165, 1.54) is 19.1 Å². The Labute approximate surface area is 182 Å². The minimum atomic E-state index is -0.673. The van der Waals surface area contributed by atoms with E-state index in [2.05, 4.69) is 4.90 Å². The first-order valence-electron chi connectivity index (χ1n) is 10.0. The van der Waals surface area contributed by atoms with Crippen LogP contribution in [0.15, 0.2) is 48.5 Å². The molecule has 2 atom stereocenters. The number of hydrogen-bond donors (Lipinski definition) is 2. The molecule has 164 valence electrons. The lowest BCUT2D eigenvalue weighted by Gasteiger charge is -2.35. The minimum absolute atomic E-state index is 0. The quantitative estimate of drug-likeness (QED) is 0.617. The van der Waals surface area contributed by atoms with Gasteiger partial charge in [0.1, 0.15) is 24.3 Å². The van der Waals surface area contributed by atoms with Crippen LogP contribution in [0.25, 0.3) is 0 Å². The Bertz CT molecular complexity index is 809. The highest BCUT2D eigenvalue weighted by Crippen LogP contribution is 2.30. The molecule has 1 fully saturated rings. The van der Waals surface area contributed by atoms with Crippen molar-refractivity contribution in [2.45, 2.75) is 32.0 Å². The van der Waals surface area contributed by atoms with Gasteiger partial charge < -0.3 is 19.8 Å². The minimum Gasteiger partial charge on any atom is -0.490 e. The number of halogens is 2. The summed E-state index contributed by atoms with van der Waals surface area (Å²) in [5.74, 6) is 0.225. The van der Waals surface area contributed by atoms with Crippen molar-refractivity contribution in [3.05, 3.63) is 65.5 Å². The van der Waals surface area contributed by atoms with Gasteiger partial charge in [0.2, 0.25) is 0 Å². The molecule has 2 aromatic rings. The van der Waals surface area contributed by atoms with Gasteiger partial charge in [-0.1, -0.05) is 24.3 Å². The standard InChI is InChI=1S/C23H28FNO4.ClH/c1-16(26)21-4-2-3-5-22(21)29-15-20(27)14-25-12-10-18(11-13-25)23(28)17-6-8-19(24)9-7-17;/h2-9,18,20,23,27-28H,10-15H2,1H3;1H. The molecular weight excluding hydrogens is 409 g/mol. The molecule has 0 saturated carbocycles. The van der Waals surface area contributed by atoms with Crippen molar-refractivity contribution >= 4 is 18.2 Å². The highest BCUT2D eigenvalue weighted by Gasteiger charge is 2.27. The van der Waals surface area contributed by atoms with Gasteiger partial charge in [0.15, 0.2) is 5.78 Å². The van der Waals surface area contributed by atoms with Crippen LogP contribution in [-0.4, -0.2) is 53.2 Å². The molecule has 0 aliphatic carbocycles. The summed E-state index contributed by atoms with van der Waals surface area (Å²) in [5, 5.41) is 20.9. The lowest BCUT2D eigenvalue weighted by Crippen LogP contribution is -2.41. The lowest BCUT2D eigenvalue weighted by molar-refractivity contribution is 0.0277. The van der Waals surface area contributed by atoms with E-state index < -0.39 is 12.2 Å². The normalized spacial score (nSPS) is 17.1. The molecule has 0 bridgehead atoms. The Morgan fingerprint density at radius 1 is 1.13 bits per heavy atom. The SMILES string of the molecule is CC(=O)c1ccccc1OCC(O)CN1CCC(C(O)c2ccc(F)cc2)CC1.Cl. The first-order chi connectivity index (χ1) is 13.9. The van der Waals surface area contributed by atoms with Crippen molar-refractivity contribution in [3.8, 4) is 5.75 Å². The number of carbonyl (C=O) groups is 1. The Morgan fingerprint density at radius 2 is 1.77 bits per heavy atom. The van der Waals surface area contributed by atoms with Gasteiger partial charge >= 0.3 is 0 Å². The maximum absolute atomic E-state index is 13.1. The number of piperidine rings is 1. The van der Waals surface area contributed by atoms with Crippen molar-refractivity contribution in [2.24, 2.45) is 5.92 Å². The number of nitrogens with zero attached hydrogens (tertiary/aromatic N) is 1. The van der Waals surface area contributed by atoms with Crippen LogP contribution in [0.3, 0.4) is 0 Å². The maximum Gasteiger partial charge on any atom is 0.163 e. The van der Waals surface area contributed by atoms with Gasteiger partial charge in [0, 0.05) is 6.54 Å². The molecule has 1 aliphatic heterocycles. The molecule has 1 aliphatic rings. The lowest BCUT2D eigenvalue weighted by atomic mass is 9.87. The molecule has 0 spiro atoms. The number of benzene rings is 2. The van der Waals surface area contributed by atoms with Crippen LogP contribution in [-0.2, 0) is 0 Å². The molecule has 1 saturated heterocycles. The number of Topliss-reactive ketones (excluding diaryl/α,β-unsaturated/α-hetero) is 1. The van der Waals surface area contributed by atoms with Gasteiger partial charge in [-0.25, -0.2) is 4.39 Å². The number of aliphatic hydroxyl groups is 2. The zero-order chi connectivity index (χ0) is 20.8. The Balaban J connectivity index is 0.00000320. The van der Waals surface area contributed by atoms with Gasteiger partial charge in [-0.3, -0.25) is 4.79 Å². The van der Waals surface area contributed by atoms with Gasteiger partial charge in [0.25, 0.3) is 0 Å². The number of aliphatic hydroxyl groups excluding tert-OH is 2. The molecular formula is C23H29ClFNO4. The van der Waals surface area contributed by atoms with Crippen molar-refractivity contribution in [1.82, 2.24) is 4.90 Å². The fourth-order valence-corrected chi connectivity index (χ4v) is 3.80. The van der Waals surface area contributed by atoms with E-state index in [0.29, 0.717) is 17.9 Å². The average molecular weight is 438 g/mol. The van der Waals surface area contributed by atoms with Crippen LogP contribution in [0.1, 0.15) is 41.8 Å². The summed E-state index contributed by atoms with van der Waals surface area (Å²) in [6.07, 6.45) is 0.334. The third-order valence-corrected chi connectivity index (χ3v) is 5.46. The summed E-state index contributed by atoms with van der Waals surface area (Å²) >= 11 is 0. The number of rotatable bonds is 8. The van der Waals surface area contributed by atoms with E-state index in [1.54, 1.807) is 36.4 Å².